The van der Waals surface area contributed by atoms with Crippen LogP contribution in [0.3, 0.4) is 0 Å². The van der Waals surface area contributed by atoms with Crippen LogP contribution in [0, 0.1) is 0 Å². The maximum atomic E-state index is 10.3. The van der Waals surface area contributed by atoms with Crippen LogP contribution in [-0.4, -0.2) is 43.1 Å². The minimum Gasteiger partial charge on any atom is -0.504 e. The van der Waals surface area contributed by atoms with E-state index in [0.717, 1.165) is 12.0 Å². The van der Waals surface area contributed by atoms with E-state index in [1.165, 1.54) is 7.11 Å². The number of hydrogen-bond donors (Lipinski definition) is 3. The first-order chi connectivity index (χ1) is 8.17. The van der Waals surface area contributed by atoms with Gasteiger partial charge in [0.25, 0.3) is 0 Å². The maximum Gasteiger partial charge on any atom is 0.160 e. The van der Waals surface area contributed by atoms with Crippen LogP contribution in [0.15, 0.2) is 18.2 Å². The molecule has 95 valence electrons. The molecule has 0 aliphatic rings. The second-order valence-corrected chi connectivity index (χ2v) is 3.78. The highest BCUT2D eigenvalue weighted by Crippen LogP contribution is 2.26. The third-order valence-electron chi connectivity index (χ3n) is 2.41. The summed E-state index contributed by atoms with van der Waals surface area (Å²) in [5, 5.41) is 31.7. The Bertz CT molecular complexity index is 343. The molecule has 1 aromatic rings. The third kappa shape index (κ3) is 4.60. The van der Waals surface area contributed by atoms with Gasteiger partial charge in [0, 0.05) is 6.54 Å². The van der Waals surface area contributed by atoms with Crippen molar-refractivity contribution in [3.63, 3.8) is 0 Å². The van der Waals surface area contributed by atoms with Gasteiger partial charge < -0.3 is 20.3 Å². The number of aliphatic hydroxyl groups is 1. The van der Waals surface area contributed by atoms with E-state index in [1.807, 2.05) is 6.07 Å². The molecule has 1 atom stereocenters. The molecule has 1 rings (SSSR count). The van der Waals surface area contributed by atoms with Crippen molar-refractivity contribution in [3.8, 4) is 11.5 Å². The van der Waals surface area contributed by atoms with Gasteiger partial charge in [-0.3, -0.25) is 0 Å². The van der Waals surface area contributed by atoms with E-state index >= 15 is 0 Å². The van der Waals surface area contributed by atoms with E-state index in [9.17, 15) is 10.2 Å². The predicted octanol–water partition coefficient (Wildman–Crippen LogP) is 0.324. The number of hydrogen-bond acceptors (Lipinski definition) is 4. The standard InChI is InChI=1S/C12H18NO4/c1-17-12-6-9(2-3-11(12)16)4-5-13-7-10(15)8-14/h2-3,6,10,13,15-16H,4-5,7-8H2,1H3. The summed E-state index contributed by atoms with van der Waals surface area (Å²) in [5.74, 6) is 0.563. The van der Waals surface area contributed by atoms with Gasteiger partial charge in [0.15, 0.2) is 11.5 Å². The molecular weight excluding hydrogens is 222 g/mol. The highest BCUT2D eigenvalue weighted by Gasteiger charge is 2.04. The van der Waals surface area contributed by atoms with Crippen LogP contribution in [-0.2, 0) is 11.5 Å². The number of aromatic hydroxyl groups is 1. The van der Waals surface area contributed by atoms with Crippen molar-refractivity contribution in [1.82, 2.24) is 5.32 Å². The lowest BCUT2D eigenvalue weighted by atomic mass is 10.1. The molecule has 0 fully saturated rings. The topological polar surface area (TPSA) is 81.6 Å². The molecule has 3 N–H and O–H groups in total. The monoisotopic (exact) mass is 240 g/mol. The fourth-order valence-corrected chi connectivity index (χ4v) is 1.44. The number of rotatable bonds is 7. The number of nitrogens with one attached hydrogen (secondary N) is 1. The largest absolute Gasteiger partial charge is 0.504 e. The molecule has 0 heterocycles. The summed E-state index contributed by atoms with van der Waals surface area (Å²) in [6.45, 7) is 0.476. The summed E-state index contributed by atoms with van der Waals surface area (Å²) in [4.78, 5) is 0. The van der Waals surface area contributed by atoms with E-state index in [2.05, 4.69) is 5.32 Å². The van der Waals surface area contributed by atoms with E-state index in [4.69, 9.17) is 9.84 Å². The average molecular weight is 240 g/mol. The first kappa shape index (κ1) is 13.8. The highest BCUT2D eigenvalue weighted by atomic mass is 16.5. The predicted molar refractivity (Wildman–Crippen MR) is 62.8 cm³/mol. The van der Waals surface area contributed by atoms with Gasteiger partial charge in [-0.25, -0.2) is 5.11 Å². The van der Waals surface area contributed by atoms with E-state index in [0.29, 0.717) is 18.8 Å². The molecule has 0 aliphatic carbocycles. The molecule has 0 saturated heterocycles. The van der Waals surface area contributed by atoms with Crippen LogP contribution in [0.1, 0.15) is 5.56 Å². The van der Waals surface area contributed by atoms with Gasteiger partial charge in [0.05, 0.1) is 13.2 Å². The zero-order valence-electron chi connectivity index (χ0n) is 9.85. The summed E-state index contributed by atoms with van der Waals surface area (Å²) in [5.41, 5.74) is 1.02. The number of phenols is 1. The van der Waals surface area contributed by atoms with Crippen molar-refractivity contribution in [2.45, 2.75) is 12.5 Å². The fourth-order valence-electron chi connectivity index (χ4n) is 1.44. The van der Waals surface area contributed by atoms with Crippen LogP contribution in [0.5, 0.6) is 11.5 Å². The van der Waals surface area contributed by atoms with Gasteiger partial charge >= 0.3 is 0 Å². The Morgan fingerprint density at radius 1 is 1.47 bits per heavy atom. The minimum absolute atomic E-state index is 0.117. The summed E-state index contributed by atoms with van der Waals surface area (Å²) in [7, 11) is 1.50. The van der Waals surface area contributed by atoms with Crippen molar-refractivity contribution in [3.05, 3.63) is 23.8 Å². The van der Waals surface area contributed by atoms with Crippen LogP contribution < -0.4 is 10.1 Å². The smallest absolute Gasteiger partial charge is 0.160 e. The quantitative estimate of drug-likeness (QED) is 0.600. The van der Waals surface area contributed by atoms with Gasteiger partial charge in [0.1, 0.15) is 6.61 Å². The van der Waals surface area contributed by atoms with Gasteiger partial charge in [-0.15, -0.1) is 0 Å². The van der Waals surface area contributed by atoms with Crippen LogP contribution in [0.2, 0.25) is 0 Å². The van der Waals surface area contributed by atoms with Gasteiger partial charge in [-0.05, 0) is 30.7 Å². The Balaban J connectivity index is 2.36. The molecule has 0 saturated carbocycles. The number of aliphatic hydroxyl groups excluding tert-OH is 1. The van der Waals surface area contributed by atoms with Crippen LogP contribution >= 0.6 is 0 Å². The molecular formula is C12H18NO4. The minimum atomic E-state index is -0.829. The van der Waals surface area contributed by atoms with E-state index in [-0.39, 0.29) is 5.75 Å². The summed E-state index contributed by atoms with van der Waals surface area (Å²) in [6, 6.07) is 5.16. The number of phenolic OH excluding ortho intramolecular Hbond substituents is 1. The number of benzene rings is 1. The third-order valence-corrected chi connectivity index (χ3v) is 2.41. The first-order valence-corrected chi connectivity index (χ1v) is 5.50. The lowest BCUT2D eigenvalue weighted by Crippen LogP contribution is -2.30. The molecule has 17 heavy (non-hydrogen) atoms. The Hall–Kier alpha value is -1.30. The molecule has 0 amide bonds. The molecule has 1 radical (unpaired) electrons. The average Bonchev–Trinajstić information content (AvgIpc) is 2.36. The molecule has 0 bridgehead atoms. The summed E-state index contributed by atoms with van der Waals surface area (Å²) in [6.07, 6.45) is -0.0910. The summed E-state index contributed by atoms with van der Waals surface area (Å²) >= 11 is 0. The van der Waals surface area contributed by atoms with Crippen molar-refractivity contribution >= 4 is 0 Å². The van der Waals surface area contributed by atoms with Crippen LogP contribution in [0.4, 0.5) is 0 Å². The van der Waals surface area contributed by atoms with Gasteiger partial charge in [-0.1, -0.05) is 6.07 Å². The number of ether oxygens (including phenoxy) is 1. The zero-order chi connectivity index (χ0) is 12.7. The first-order valence-electron chi connectivity index (χ1n) is 5.50. The number of methoxy groups -OCH3 is 1. The lowest BCUT2D eigenvalue weighted by molar-refractivity contribution is 0.0557. The molecule has 1 aromatic carbocycles. The lowest BCUT2D eigenvalue weighted by Gasteiger charge is -2.09. The molecule has 0 aromatic heterocycles. The van der Waals surface area contributed by atoms with Crippen molar-refractivity contribution in [1.29, 1.82) is 0 Å². The molecule has 5 nitrogen and oxygen atoms in total. The Morgan fingerprint density at radius 2 is 2.24 bits per heavy atom. The van der Waals surface area contributed by atoms with Crippen molar-refractivity contribution < 1.29 is 20.1 Å². The second kappa shape index (κ2) is 7.11. The zero-order valence-corrected chi connectivity index (χ0v) is 9.85. The summed E-state index contributed by atoms with van der Waals surface area (Å²) < 4.78 is 5.00. The Labute approximate surface area is 101 Å². The second-order valence-electron chi connectivity index (χ2n) is 3.78. The Kier molecular flexibility index (Phi) is 5.76. The van der Waals surface area contributed by atoms with Gasteiger partial charge in [0.2, 0.25) is 0 Å². The normalized spacial score (nSPS) is 12.4. The maximum absolute atomic E-state index is 10.3. The molecule has 0 aliphatic heterocycles. The van der Waals surface area contributed by atoms with E-state index in [1.54, 1.807) is 12.1 Å². The SMILES string of the molecule is COc1cc(CCNCC(O)C[O])ccc1O. The van der Waals surface area contributed by atoms with Crippen LogP contribution in [0.25, 0.3) is 0 Å². The van der Waals surface area contributed by atoms with Crippen molar-refractivity contribution in [2.24, 2.45) is 0 Å². The Morgan fingerprint density at radius 3 is 2.88 bits per heavy atom. The van der Waals surface area contributed by atoms with Gasteiger partial charge in [-0.2, -0.15) is 0 Å². The highest BCUT2D eigenvalue weighted by molar-refractivity contribution is 5.41. The molecule has 1 unspecified atom stereocenters. The molecule has 0 spiro atoms. The fraction of sp³-hybridized carbons (Fsp3) is 0.500. The van der Waals surface area contributed by atoms with Crippen molar-refractivity contribution in [2.75, 3.05) is 26.8 Å². The van der Waals surface area contributed by atoms with E-state index < -0.39 is 12.7 Å². The molecule has 5 heteroatoms.